The lowest BCUT2D eigenvalue weighted by Crippen LogP contribution is -2.07. The SMILES string of the molecule is CCOC(=O)CCCOc1cc(C)c2nc(C)n(Cc3ccc(OCC)cc3C)c2c1. The minimum absolute atomic E-state index is 0.183. The largest absolute Gasteiger partial charge is 0.494 e. The molecule has 0 N–H and O–H groups in total. The summed E-state index contributed by atoms with van der Waals surface area (Å²) in [7, 11) is 0. The standard InChI is InChI=1S/C25H32N2O4/c1-6-29-21-11-10-20(17(3)13-21)16-27-19(5)26-25-18(4)14-22(15-23(25)27)31-12-8-9-24(28)30-7-2/h10-11,13-15H,6-9,12,16H2,1-5H3. The molecule has 0 fully saturated rings. The maximum atomic E-state index is 11.5. The van der Waals surface area contributed by atoms with Gasteiger partial charge in [0.05, 0.1) is 30.9 Å². The van der Waals surface area contributed by atoms with E-state index in [1.807, 2.05) is 45.9 Å². The molecule has 0 bridgehead atoms. The number of nitrogens with zero attached hydrogens (tertiary/aromatic N) is 2. The van der Waals surface area contributed by atoms with E-state index in [4.69, 9.17) is 19.2 Å². The van der Waals surface area contributed by atoms with Crippen LogP contribution in [-0.2, 0) is 16.1 Å². The number of benzene rings is 2. The van der Waals surface area contributed by atoms with Gasteiger partial charge in [0, 0.05) is 19.0 Å². The predicted octanol–water partition coefficient (Wildman–Crippen LogP) is 5.13. The molecule has 166 valence electrons. The van der Waals surface area contributed by atoms with Crippen molar-refractivity contribution in [3.8, 4) is 11.5 Å². The van der Waals surface area contributed by atoms with E-state index in [-0.39, 0.29) is 5.97 Å². The first-order chi connectivity index (χ1) is 14.9. The van der Waals surface area contributed by atoms with Crippen molar-refractivity contribution in [1.29, 1.82) is 0 Å². The summed E-state index contributed by atoms with van der Waals surface area (Å²) in [4.78, 5) is 16.3. The van der Waals surface area contributed by atoms with Crippen LogP contribution in [0.4, 0.5) is 0 Å². The van der Waals surface area contributed by atoms with Crippen molar-refractivity contribution in [3.05, 3.63) is 52.8 Å². The molecule has 1 aromatic heterocycles. The Hall–Kier alpha value is -3.02. The van der Waals surface area contributed by atoms with Crippen molar-refractivity contribution < 1.29 is 19.0 Å². The zero-order chi connectivity index (χ0) is 22.4. The Bertz CT molecular complexity index is 1060. The van der Waals surface area contributed by atoms with E-state index in [2.05, 4.69) is 23.6 Å². The lowest BCUT2D eigenvalue weighted by Gasteiger charge is -2.13. The molecule has 0 saturated carbocycles. The molecule has 0 radical (unpaired) electrons. The first kappa shape index (κ1) is 22.7. The third-order valence-corrected chi connectivity index (χ3v) is 5.26. The van der Waals surface area contributed by atoms with E-state index in [0.717, 1.165) is 40.5 Å². The molecule has 0 spiro atoms. The van der Waals surface area contributed by atoms with Crippen molar-refractivity contribution in [2.45, 2.75) is 54.0 Å². The van der Waals surface area contributed by atoms with Gasteiger partial charge in [-0.1, -0.05) is 6.07 Å². The average Bonchev–Trinajstić information content (AvgIpc) is 3.04. The molecule has 0 atom stereocenters. The number of hydrogen-bond donors (Lipinski definition) is 0. The van der Waals surface area contributed by atoms with Gasteiger partial charge in [0.1, 0.15) is 17.3 Å². The van der Waals surface area contributed by atoms with Gasteiger partial charge in [0.2, 0.25) is 0 Å². The fourth-order valence-corrected chi connectivity index (χ4v) is 3.67. The minimum Gasteiger partial charge on any atom is -0.494 e. The molecule has 1 heterocycles. The molecule has 0 aliphatic rings. The molecule has 31 heavy (non-hydrogen) atoms. The van der Waals surface area contributed by atoms with Crippen LogP contribution in [0.3, 0.4) is 0 Å². The van der Waals surface area contributed by atoms with Crippen LogP contribution >= 0.6 is 0 Å². The second-order valence-corrected chi connectivity index (χ2v) is 7.63. The van der Waals surface area contributed by atoms with Gasteiger partial charge < -0.3 is 18.8 Å². The summed E-state index contributed by atoms with van der Waals surface area (Å²) in [5.41, 5.74) is 5.52. The summed E-state index contributed by atoms with van der Waals surface area (Å²) >= 11 is 0. The smallest absolute Gasteiger partial charge is 0.305 e. The molecule has 3 aromatic rings. The number of hydrogen-bond acceptors (Lipinski definition) is 5. The van der Waals surface area contributed by atoms with Gasteiger partial charge in [-0.3, -0.25) is 4.79 Å². The zero-order valence-corrected chi connectivity index (χ0v) is 19.2. The second kappa shape index (κ2) is 10.3. The lowest BCUT2D eigenvalue weighted by molar-refractivity contribution is -0.143. The van der Waals surface area contributed by atoms with Crippen LogP contribution < -0.4 is 9.47 Å². The van der Waals surface area contributed by atoms with E-state index in [0.29, 0.717) is 32.7 Å². The highest BCUT2D eigenvalue weighted by atomic mass is 16.5. The fourth-order valence-electron chi connectivity index (χ4n) is 3.67. The molecule has 0 unspecified atom stereocenters. The Balaban J connectivity index is 1.79. The molecule has 0 amide bonds. The molecule has 2 aromatic carbocycles. The quantitative estimate of drug-likeness (QED) is 0.333. The van der Waals surface area contributed by atoms with Gasteiger partial charge in [-0.05, 0) is 75.9 Å². The maximum absolute atomic E-state index is 11.5. The number of aryl methyl sites for hydroxylation is 3. The van der Waals surface area contributed by atoms with E-state index >= 15 is 0 Å². The molecule has 3 rings (SSSR count). The van der Waals surface area contributed by atoms with Gasteiger partial charge in [-0.2, -0.15) is 0 Å². The van der Waals surface area contributed by atoms with E-state index in [1.165, 1.54) is 11.1 Å². The summed E-state index contributed by atoms with van der Waals surface area (Å²) in [6.45, 7) is 12.3. The number of carbonyl (C=O) groups is 1. The monoisotopic (exact) mass is 424 g/mol. The topological polar surface area (TPSA) is 62.6 Å². The van der Waals surface area contributed by atoms with Gasteiger partial charge in [-0.15, -0.1) is 0 Å². The van der Waals surface area contributed by atoms with Crippen LogP contribution in [0.5, 0.6) is 11.5 Å². The van der Waals surface area contributed by atoms with Crippen molar-refractivity contribution in [2.75, 3.05) is 19.8 Å². The van der Waals surface area contributed by atoms with Crippen LogP contribution in [-0.4, -0.2) is 35.3 Å². The average molecular weight is 425 g/mol. The number of aromatic nitrogens is 2. The highest BCUT2D eigenvalue weighted by Crippen LogP contribution is 2.28. The van der Waals surface area contributed by atoms with Gasteiger partial charge in [0.25, 0.3) is 0 Å². The highest BCUT2D eigenvalue weighted by molar-refractivity contribution is 5.81. The van der Waals surface area contributed by atoms with Crippen LogP contribution in [0.15, 0.2) is 30.3 Å². The van der Waals surface area contributed by atoms with Gasteiger partial charge in [-0.25, -0.2) is 4.98 Å². The second-order valence-electron chi connectivity index (χ2n) is 7.63. The summed E-state index contributed by atoms with van der Waals surface area (Å²) in [5, 5.41) is 0. The van der Waals surface area contributed by atoms with Gasteiger partial charge >= 0.3 is 5.97 Å². The predicted molar refractivity (Wildman–Crippen MR) is 122 cm³/mol. The van der Waals surface area contributed by atoms with Crippen molar-refractivity contribution in [3.63, 3.8) is 0 Å². The Morgan fingerprint density at radius 1 is 0.968 bits per heavy atom. The normalized spacial score (nSPS) is 11.0. The number of carbonyl (C=O) groups excluding carboxylic acids is 1. The lowest BCUT2D eigenvalue weighted by atomic mass is 10.1. The summed E-state index contributed by atoms with van der Waals surface area (Å²) in [6.07, 6.45) is 0.989. The van der Waals surface area contributed by atoms with Crippen molar-refractivity contribution >= 4 is 17.0 Å². The van der Waals surface area contributed by atoms with Crippen molar-refractivity contribution in [2.24, 2.45) is 0 Å². The fraction of sp³-hybridized carbons (Fsp3) is 0.440. The third kappa shape index (κ3) is 5.57. The number of esters is 1. The molecule has 6 nitrogen and oxygen atoms in total. The Morgan fingerprint density at radius 2 is 1.74 bits per heavy atom. The Labute approximate surface area is 184 Å². The minimum atomic E-state index is -0.183. The van der Waals surface area contributed by atoms with Crippen LogP contribution in [0.2, 0.25) is 0 Å². The highest BCUT2D eigenvalue weighted by Gasteiger charge is 2.13. The molecular weight excluding hydrogens is 392 g/mol. The van der Waals surface area contributed by atoms with Crippen LogP contribution in [0.1, 0.15) is 49.2 Å². The van der Waals surface area contributed by atoms with Gasteiger partial charge in [0.15, 0.2) is 0 Å². The number of rotatable bonds is 10. The number of ether oxygens (including phenoxy) is 3. The summed E-state index contributed by atoms with van der Waals surface area (Å²) in [5.74, 6) is 2.46. The number of imidazole rings is 1. The van der Waals surface area contributed by atoms with Crippen molar-refractivity contribution in [1.82, 2.24) is 9.55 Å². The molecule has 0 aliphatic carbocycles. The number of fused-ring (bicyclic) bond motifs is 1. The van der Waals surface area contributed by atoms with E-state index < -0.39 is 0 Å². The Kier molecular flexibility index (Phi) is 7.55. The zero-order valence-electron chi connectivity index (χ0n) is 19.2. The van der Waals surface area contributed by atoms with E-state index in [1.54, 1.807) is 0 Å². The third-order valence-electron chi connectivity index (χ3n) is 5.26. The first-order valence-electron chi connectivity index (χ1n) is 10.9. The van der Waals surface area contributed by atoms with E-state index in [9.17, 15) is 4.79 Å². The Morgan fingerprint density at radius 3 is 2.45 bits per heavy atom. The summed E-state index contributed by atoms with van der Waals surface area (Å²) < 4.78 is 18.7. The molecule has 0 aliphatic heterocycles. The maximum Gasteiger partial charge on any atom is 0.305 e. The molecular formula is C25H32N2O4. The first-order valence-corrected chi connectivity index (χ1v) is 10.9. The molecule has 6 heteroatoms. The molecule has 0 saturated heterocycles. The van der Waals surface area contributed by atoms with Crippen LogP contribution in [0, 0.1) is 20.8 Å². The summed E-state index contributed by atoms with van der Waals surface area (Å²) in [6, 6.07) is 10.3. The van der Waals surface area contributed by atoms with Crippen LogP contribution in [0.25, 0.3) is 11.0 Å².